The number of carbonyl (C=O) groups excluding carboxylic acids is 2. The summed E-state index contributed by atoms with van der Waals surface area (Å²) in [6.45, 7) is 6.60. The Morgan fingerprint density at radius 2 is 1.63 bits per heavy atom. The zero-order valence-corrected chi connectivity index (χ0v) is 11.8. The van der Waals surface area contributed by atoms with E-state index < -0.39 is 12.0 Å². The average Bonchev–Trinajstić information content (AvgIpc) is 2.36. The number of carboxylic acids is 1. The van der Waals surface area contributed by atoms with Gasteiger partial charge in [0.05, 0.1) is 6.54 Å². The summed E-state index contributed by atoms with van der Waals surface area (Å²) >= 11 is 0. The molecule has 110 valence electrons. The zero-order valence-electron chi connectivity index (χ0n) is 11.8. The van der Waals surface area contributed by atoms with Gasteiger partial charge >= 0.3 is 12.0 Å². The van der Waals surface area contributed by atoms with Gasteiger partial charge in [-0.05, 0) is 20.3 Å². The third-order valence-electron chi connectivity index (χ3n) is 2.61. The predicted octanol–water partition coefficient (Wildman–Crippen LogP) is 0.361. The number of likely N-dealkylation sites (N-methyl/N-ethyl adjacent to an activating group) is 1. The first-order chi connectivity index (χ1) is 8.96. The van der Waals surface area contributed by atoms with E-state index in [2.05, 4.69) is 5.32 Å². The minimum absolute atomic E-state index is 0.111. The Hall–Kier alpha value is -1.79. The van der Waals surface area contributed by atoms with Crippen LogP contribution in [0.25, 0.3) is 0 Å². The van der Waals surface area contributed by atoms with E-state index in [1.165, 1.54) is 4.90 Å². The summed E-state index contributed by atoms with van der Waals surface area (Å²) in [4.78, 5) is 36.9. The Kier molecular flexibility index (Phi) is 8.32. The van der Waals surface area contributed by atoms with Crippen molar-refractivity contribution in [2.75, 3.05) is 32.7 Å². The van der Waals surface area contributed by atoms with Gasteiger partial charge in [0.15, 0.2) is 0 Å². The number of urea groups is 1. The van der Waals surface area contributed by atoms with Crippen LogP contribution in [0.4, 0.5) is 4.79 Å². The highest BCUT2D eigenvalue weighted by molar-refractivity contribution is 5.85. The van der Waals surface area contributed by atoms with Crippen LogP contribution in [0.1, 0.15) is 27.2 Å². The first kappa shape index (κ1) is 17.2. The fourth-order valence-corrected chi connectivity index (χ4v) is 1.64. The lowest BCUT2D eigenvalue weighted by atomic mass is 10.4. The molecule has 0 fully saturated rings. The molecule has 0 atom stereocenters. The molecule has 0 aliphatic rings. The highest BCUT2D eigenvalue weighted by atomic mass is 16.4. The number of hydrogen-bond donors (Lipinski definition) is 2. The zero-order chi connectivity index (χ0) is 14.8. The van der Waals surface area contributed by atoms with Crippen LogP contribution >= 0.6 is 0 Å². The number of carboxylic acid groups (broad SMARTS) is 1. The molecule has 0 saturated heterocycles. The Morgan fingerprint density at radius 3 is 2.05 bits per heavy atom. The van der Waals surface area contributed by atoms with Crippen molar-refractivity contribution in [1.29, 1.82) is 0 Å². The molecule has 0 heterocycles. The van der Waals surface area contributed by atoms with Crippen molar-refractivity contribution in [1.82, 2.24) is 15.1 Å². The molecule has 19 heavy (non-hydrogen) atoms. The standard InChI is InChI=1S/C12H23N3O4/c1-4-7-15(9-11(17)18)12(19)13-8-10(16)14(5-2)6-3/h4-9H2,1-3H3,(H,13,19)(H,17,18). The lowest BCUT2D eigenvalue weighted by molar-refractivity contribution is -0.137. The second kappa shape index (κ2) is 9.18. The van der Waals surface area contributed by atoms with E-state index in [1.54, 1.807) is 4.90 Å². The van der Waals surface area contributed by atoms with Gasteiger partial charge in [-0.1, -0.05) is 6.92 Å². The van der Waals surface area contributed by atoms with Crippen LogP contribution in [-0.4, -0.2) is 65.5 Å². The van der Waals surface area contributed by atoms with Crippen molar-refractivity contribution in [3.05, 3.63) is 0 Å². The van der Waals surface area contributed by atoms with Gasteiger partial charge in [-0.25, -0.2) is 4.79 Å². The highest BCUT2D eigenvalue weighted by Gasteiger charge is 2.17. The number of carbonyl (C=O) groups is 3. The molecule has 0 unspecified atom stereocenters. The van der Waals surface area contributed by atoms with Crippen LogP contribution in [0, 0.1) is 0 Å². The topological polar surface area (TPSA) is 90.0 Å². The summed E-state index contributed by atoms with van der Waals surface area (Å²) < 4.78 is 0. The van der Waals surface area contributed by atoms with E-state index in [0.29, 0.717) is 26.1 Å². The Balaban J connectivity index is 4.32. The van der Waals surface area contributed by atoms with Crippen LogP contribution in [-0.2, 0) is 9.59 Å². The van der Waals surface area contributed by atoms with E-state index in [4.69, 9.17) is 5.11 Å². The van der Waals surface area contributed by atoms with Gasteiger partial charge in [0.25, 0.3) is 0 Å². The van der Waals surface area contributed by atoms with Crippen molar-refractivity contribution >= 4 is 17.9 Å². The van der Waals surface area contributed by atoms with E-state index in [1.807, 2.05) is 20.8 Å². The van der Waals surface area contributed by atoms with Crippen molar-refractivity contribution in [3.63, 3.8) is 0 Å². The van der Waals surface area contributed by atoms with Gasteiger partial charge in [0, 0.05) is 19.6 Å². The first-order valence-electron chi connectivity index (χ1n) is 6.48. The van der Waals surface area contributed by atoms with Crippen LogP contribution in [0.5, 0.6) is 0 Å². The normalized spacial score (nSPS) is 9.84. The molecule has 0 aromatic heterocycles. The van der Waals surface area contributed by atoms with Gasteiger partial charge in [-0.15, -0.1) is 0 Å². The van der Waals surface area contributed by atoms with Crippen molar-refractivity contribution in [3.8, 4) is 0 Å². The fourth-order valence-electron chi connectivity index (χ4n) is 1.64. The molecule has 0 aliphatic heterocycles. The van der Waals surface area contributed by atoms with Crippen molar-refractivity contribution in [2.24, 2.45) is 0 Å². The molecule has 0 aromatic carbocycles. The lowest BCUT2D eigenvalue weighted by Gasteiger charge is -2.22. The van der Waals surface area contributed by atoms with Gasteiger partial charge in [-0.3, -0.25) is 9.59 Å². The van der Waals surface area contributed by atoms with Crippen LogP contribution in [0.15, 0.2) is 0 Å². The minimum atomic E-state index is -1.07. The second-order valence-corrected chi connectivity index (χ2v) is 4.04. The third kappa shape index (κ3) is 6.64. The molecule has 2 N–H and O–H groups in total. The lowest BCUT2D eigenvalue weighted by Crippen LogP contribution is -2.47. The molecule has 0 aliphatic carbocycles. The summed E-state index contributed by atoms with van der Waals surface area (Å²) in [6.07, 6.45) is 0.657. The molecule has 0 spiro atoms. The SMILES string of the molecule is CCCN(CC(=O)O)C(=O)NCC(=O)N(CC)CC. The summed E-state index contributed by atoms with van der Waals surface area (Å²) in [5, 5.41) is 11.2. The number of nitrogens with zero attached hydrogens (tertiary/aromatic N) is 2. The van der Waals surface area contributed by atoms with Crippen molar-refractivity contribution in [2.45, 2.75) is 27.2 Å². The molecule has 3 amide bonds. The Bertz CT molecular complexity index is 316. The van der Waals surface area contributed by atoms with Crippen LogP contribution < -0.4 is 5.32 Å². The average molecular weight is 273 g/mol. The molecule has 0 aromatic rings. The quantitative estimate of drug-likeness (QED) is 0.668. The molecule has 0 radical (unpaired) electrons. The van der Waals surface area contributed by atoms with Gasteiger partial charge in [0.1, 0.15) is 6.54 Å². The van der Waals surface area contributed by atoms with E-state index >= 15 is 0 Å². The summed E-state index contributed by atoms with van der Waals surface area (Å²) in [7, 11) is 0. The minimum Gasteiger partial charge on any atom is -0.480 e. The highest BCUT2D eigenvalue weighted by Crippen LogP contribution is 1.94. The summed E-state index contributed by atoms with van der Waals surface area (Å²) in [5.74, 6) is -1.25. The maximum absolute atomic E-state index is 11.8. The molecular formula is C12H23N3O4. The van der Waals surface area contributed by atoms with Crippen LogP contribution in [0.2, 0.25) is 0 Å². The monoisotopic (exact) mass is 273 g/mol. The molecule has 7 nitrogen and oxygen atoms in total. The number of amides is 3. The van der Waals surface area contributed by atoms with E-state index in [0.717, 1.165) is 0 Å². The molecular weight excluding hydrogens is 250 g/mol. The number of nitrogens with one attached hydrogen (secondary N) is 1. The first-order valence-corrected chi connectivity index (χ1v) is 6.48. The van der Waals surface area contributed by atoms with Crippen molar-refractivity contribution < 1.29 is 19.5 Å². The third-order valence-corrected chi connectivity index (χ3v) is 2.61. The summed E-state index contributed by atoms with van der Waals surface area (Å²) in [5.41, 5.74) is 0. The smallest absolute Gasteiger partial charge is 0.323 e. The number of rotatable bonds is 8. The van der Waals surface area contributed by atoms with Crippen LogP contribution in [0.3, 0.4) is 0 Å². The van der Waals surface area contributed by atoms with Gasteiger partial charge in [0.2, 0.25) is 5.91 Å². The summed E-state index contributed by atoms with van der Waals surface area (Å²) in [6, 6.07) is -0.523. The Morgan fingerprint density at radius 1 is 1.05 bits per heavy atom. The maximum Gasteiger partial charge on any atom is 0.323 e. The van der Waals surface area contributed by atoms with E-state index in [9.17, 15) is 14.4 Å². The maximum atomic E-state index is 11.8. The molecule has 0 rings (SSSR count). The molecule has 0 saturated carbocycles. The fraction of sp³-hybridized carbons (Fsp3) is 0.750. The predicted molar refractivity (Wildman–Crippen MR) is 70.8 cm³/mol. The molecule has 0 bridgehead atoms. The van der Waals surface area contributed by atoms with Gasteiger partial charge < -0.3 is 20.2 Å². The second-order valence-electron chi connectivity index (χ2n) is 4.04. The number of hydrogen-bond acceptors (Lipinski definition) is 3. The van der Waals surface area contributed by atoms with E-state index in [-0.39, 0.29) is 19.0 Å². The Labute approximate surface area is 113 Å². The number of aliphatic carboxylic acids is 1. The van der Waals surface area contributed by atoms with Gasteiger partial charge in [-0.2, -0.15) is 0 Å². The largest absolute Gasteiger partial charge is 0.480 e. The molecule has 7 heteroatoms.